The number of hydrogen-bond acceptors (Lipinski definition) is 3. The highest BCUT2D eigenvalue weighted by Gasteiger charge is 2.29. The summed E-state index contributed by atoms with van der Waals surface area (Å²) in [5.41, 5.74) is -0.447. The van der Waals surface area contributed by atoms with Crippen molar-refractivity contribution in [2.24, 2.45) is 5.92 Å². The van der Waals surface area contributed by atoms with Crippen molar-refractivity contribution in [1.82, 2.24) is 4.90 Å². The van der Waals surface area contributed by atoms with E-state index in [1.165, 1.54) is 0 Å². The van der Waals surface area contributed by atoms with Gasteiger partial charge in [-0.25, -0.2) is 4.79 Å². The van der Waals surface area contributed by atoms with Gasteiger partial charge in [0.2, 0.25) is 0 Å². The first-order chi connectivity index (χ1) is 8.69. The van der Waals surface area contributed by atoms with E-state index in [9.17, 15) is 9.59 Å². The van der Waals surface area contributed by atoms with Gasteiger partial charge < -0.3 is 14.4 Å². The second-order valence-electron chi connectivity index (χ2n) is 6.67. The fourth-order valence-electron chi connectivity index (χ4n) is 2.63. The van der Waals surface area contributed by atoms with Gasteiger partial charge in [0.25, 0.3) is 0 Å². The number of Topliss-reactive ketones (excluding diaryl/α,β-unsaturated/α-hetero) is 1. The van der Waals surface area contributed by atoms with Gasteiger partial charge in [0, 0.05) is 19.5 Å². The monoisotopic (exact) mass is 269 g/mol. The normalized spacial score (nSPS) is 23.8. The molecule has 0 aromatic heterocycles. The number of ether oxygens (including phenoxy) is 1. The van der Waals surface area contributed by atoms with Crippen LogP contribution in [0, 0.1) is 5.92 Å². The van der Waals surface area contributed by atoms with Crippen LogP contribution in [0.15, 0.2) is 0 Å². The molecule has 19 heavy (non-hydrogen) atoms. The first-order valence-electron chi connectivity index (χ1n) is 7.14. The molecule has 0 spiro atoms. The largest absolute Gasteiger partial charge is 0.444 e. The maximum absolute atomic E-state index is 12.0. The molecule has 0 bridgehead atoms. The predicted octanol–water partition coefficient (Wildman–Crippen LogP) is 3.39. The zero-order valence-corrected chi connectivity index (χ0v) is 12.9. The molecule has 4 heteroatoms. The molecule has 0 N–H and O–H groups in total. The fraction of sp³-hybridized carbons (Fsp3) is 0.867. The number of amides is 1. The zero-order valence-electron chi connectivity index (χ0n) is 12.9. The van der Waals surface area contributed by atoms with Gasteiger partial charge in [-0.3, -0.25) is 0 Å². The van der Waals surface area contributed by atoms with Crippen LogP contribution in [0.2, 0.25) is 0 Å². The Bertz CT molecular complexity index is 325. The first kappa shape index (κ1) is 16.0. The van der Waals surface area contributed by atoms with Gasteiger partial charge in [-0.05, 0) is 59.3 Å². The van der Waals surface area contributed by atoms with E-state index < -0.39 is 5.60 Å². The molecule has 0 aliphatic heterocycles. The van der Waals surface area contributed by atoms with Crippen LogP contribution in [0.5, 0.6) is 0 Å². The van der Waals surface area contributed by atoms with E-state index in [2.05, 4.69) is 0 Å². The number of nitrogens with zero attached hydrogens (tertiary/aromatic N) is 1. The summed E-state index contributed by atoms with van der Waals surface area (Å²) in [7, 11) is 1.81. The standard InChI is InChI=1S/C15H27NO3/c1-11(17)10-12-6-8-13(9-7-12)16(5)14(18)19-15(2,3)4/h12-13H,6-10H2,1-5H3. The Balaban J connectivity index is 2.42. The molecule has 0 radical (unpaired) electrons. The summed E-state index contributed by atoms with van der Waals surface area (Å²) in [5, 5.41) is 0. The van der Waals surface area contributed by atoms with E-state index >= 15 is 0 Å². The maximum Gasteiger partial charge on any atom is 0.410 e. The molecule has 110 valence electrons. The molecular weight excluding hydrogens is 242 g/mol. The first-order valence-corrected chi connectivity index (χ1v) is 7.14. The zero-order chi connectivity index (χ0) is 14.6. The minimum atomic E-state index is -0.447. The highest BCUT2D eigenvalue weighted by Crippen LogP contribution is 2.29. The Morgan fingerprint density at radius 1 is 1.16 bits per heavy atom. The summed E-state index contributed by atoms with van der Waals surface area (Å²) in [4.78, 5) is 24.8. The van der Waals surface area contributed by atoms with E-state index in [0.29, 0.717) is 12.3 Å². The van der Waals surface area contributed by atoms with Crippen LogP contribution >= 0.6 is 0 Å². The summed E-state index contributed by atoms with van der Waals surface area (Å²) >= 11 is 0. The van der Waals surface area contributed by atoms with Crippen LogP contribution in [0.4, 0.5) is 4.79 Å². The quantitative estimate of drug-likeness (QED) is 0.789. The molecule has 0 unspecified atom stereocenters. The summed E-state index contributed by atoms with van der Waals surface area (Å²) in [6.07, 6.45) is 4.42. The molecule has 1 saturated carbocycles. The number of hydrogen-bond donors (Lipinski definition) is 0. The van der Waals surface area contributed by atoms with Gasteiger partial charge in [0.15, 0.2) is 0 Å². The Hall–Kier alpha value is -1.06. The summed E-state index contributed by atoms with van der Waals surface area (Å²) in [6.45, 7) is 7.28. The van der Waals surface area contributed by atoms with Gasteiger partial charge in [-0.15, -0.1) is 0 Å². The fourth-order valence-corrected chi connectivity index (χ4v) is 2.63. The van der Waals surface area contributed by atoms with Crippen molar-refractivity contribution in [2.75, 3.05) is 7.05 Å². The molecule has 0 aromatic carbocycles. The molecule has 1 aliphatic rings. The minimum absolute atomic E-state index is 0.248. The van der Waals surface area contributed by atoms with Crippen molar-refractivity contribution in [3.8, 4) is 0 Å². The molecule has 1 rings (SSSR count). The van der Waals surface area contributed by atoms with Crippen LogP contribution < -0.4 is 0 Å². The van der Waals surface area contributed by atoms with Crippen LogP contribution in [0.25, 0.3) is 0 Å². The third-order valence-electron chi connectivity index (χ3n) is 3.62. The predicted molar refractivity (Wildman–Crippen MR) is 75.0 cm³/mol. The number of carbonyl (C=O) groups is 2. The van der Waals surface area contributed by atoms with Crippen molar-refractivity contribution in [1.29, 1.82) is 0 Å². The lowest BCUT2D eigenvalue weighted by Crippen LogP contribution is -2.42. The van der Waals surface area contributed by atoms with Crippen LogP contribution in [-0.4, -0.2) is 35.5 Å². The molecule has 1 fully saturated rings. The van der Waals surface area contributed by atoms with E-state index in [1.807, 2.05) is 27.8 Å². The Morgan fingerprint density at radius 3 is 2.11 bits per heavy atom. The maximum atomic E-state index is 12.0. The summed E-state index contributed by atoms with van der Waals surface area (Å²) < 4.78 is 5.38. The average molecular weight is 269 g/mol. The Kier molecular flexibility index (Phi) is 5.39. The lowest BCUT2D eigenvalue weighted by molar-refractivity contribution is -0.118. The van der Waals surface area contributed by atoms with E-state index in [-0.39, 0.29) is 17.9 Å². The van der Waals surface area contributed by atoms with E-state index in [4.69, 9.17) is 4.74 Å². The lowest BCUT2D eigenvalue weighted by Gasteiger charge is -2.35. The second kappa shape index (κ2) is 6.40. The molecule has 0 heterocycles. The molecule has 1 amide bonds. The Morgan fingerprint density at radius 2 is 1.68 bits per heavy atom. The lowest BCUT2D eigenvalue weighted by atomic mass is 9.83. The topological polar surface area (TPSA) is 46.6 Å². The van der Waals surface area contributed by atoms with E-state index in [1.54, 1.807) is 11.8 Å². The minimum Gasteiger partial charge on any atom is -0.444 e. The van der Waals surface area contributed by atoms with Crippen molar-refractivity contribution in [3.63, 3.8) is 0 Å². The number of carbonyl (C=O) groups excluding carboxylic acids is 2. The van der Waals surface area contributed by atoms with Crippen molar-refractivity contribution < 1.29 is 14.3 Å². The Labute approximate surface area is 116 Å². The molecular formula is C15H27NO3. The highest BCUT2D eigenvalue weighted by molar-refractivity contribution is 5.75. The smallest absolute Gasteiger partial charge is 0.410 e. The SMILES string of the molecule is CC(=O)CC1CCC(N(C)C(=O)OC(C)(C)C)CC1. The number of rotatable bonds is 3. The third kappa shape index (κ3) is 5.62. The number of ketones is 1. The molecule has 1 aliphatic carbocycles. The molecule has 4 nitrogen and oxygen atoms in total. The molecule has 0 atom stereocenters. The average Bonchev–Trinajstić information content (AvgIpc) is 2.26. The second-order valence-corrected chi connectivity index (χ2v) is 6.67. The third-order valence-corrected chi connectivity index (χ3v) is 3.62. The molecule has 0 saturated heterocycles. The summed E-state index contributed by atoms with van der Waals surface area (Å²) in [6, 6.07) is 0.248. The van der Waals surface area contributed by atoms with Crippen LogP contribution in [-0.2, 0) is 9.53 Å². The molecule has 0 aromatic rings. The van der Waals surface area contributed by atoms with Gasteiger partial charge in [0.1, 0.15) is 11.4 Å². The highest BCUT2D eigenvalue weighted by atomic mass is 16.6. The van der Waals surface area contributed by atoms with Crippen LogP contribution in [0.3, 0.4) is 0 Å². The van der Waals surface area contributed by atoms with Crippen molar-refractivity contribution in [2.45, 2.75) is 71.4 Å². The van der Waals surface area contributed by atoms with Crippen LogP contribution in [0.1, 0.15) is 59.8 Å². The van der Waals surface area contributed by atoms with Gasteiger partial charge in [-0.1, -0.05) is 0 Å². The van der Waals surface area contributed by atoms with E-state index in [0.717, 1.165) is 25.7 Å². The van der Waals surface area contributed by atoms with Gasteiger partial charge in [0.05, 0.1) is 0 Å². The van der Waals surface area contributed by atoms with Crippen molar-refractivity contribution >= 4 is 11.9 Å². The van der Waals surface area contributed by atoms with Crippen molar-refractivity contribution in [3.05, 3.63) is 0 Å². The van der Waals surface area contributed by atoms with Gasteiger partial charge >= 0.3 is 6.09 Å². The van der Waals surface area contributed by atoms with Gasteiger partial charge in [-0.2, -0.15) is 0 Å². The summed E-state index contributed by atoms with van der Waals surface area (Å²) in [5.74, 6) is 0.768.